The summed E-state index contributed by atoms with van der Waals surface area (Å²) in [6.07, 6.45) is -3.32. The van der Waals surface area contributed by atoms with Gasteiger partial charge in [-0.15, -0.1) is 0 Å². The summed E-state index contributed by atoms with van der Waals surface area (Å²) in [4.78, 5) is 30.4. The Hall–Kier alpha value is -2.94. The molecule has 1 fully saturated rings. The summed E-state index contributed by atoms with van der Waals surface area (Å²) >= 11 is 0. The molecule has 27 heavy (non-hydrogen) atoms. The van der Waals surface area contributed by atoms with E-state index in [2.05, 4.69) is 10.3 Å². The number of amides is 2. The van der Waals surface area contributed by atoms with E-state index in [1.165, 1.54) is 36.5 Å². The molecule has 0 aliphatic carbocycles. The van der Waals surface area contributed by atoms with Gasteiger partial charge in [0.05, 0.1) is 24.5 Å². The van der Waals surface area contributed by atoms with Crippen LogP contribution in [0.15, 0.2) is 42.6 Å². The second kappa shape index (κ2) is 7.75. The van der Waals surface area contributed by atoms with E-state index in [1.54, 1.807) is 4.90 Å². The number of carbonyl (C=O) groups is 2. The number of hydrogen-bond donors (Lipinski definition) is 1. The molecule has 0 unspecified atom stereocenters. The number of benzene rings is 1. The maximum Gasteiger partial charge on any atom is 0.418 e. The number of halogens is 3. The molecule has 9 heteroatoms. The number of rotatable bonds is 3. The van der Waals surface area contributed by atoms with Crippen LogP contribution >= 0.6 is 0 Å². The SMILES string of the molecule is O=C(Nc1ccccc1C(F)(F)F)c1ccnc(C(=O)N2CCOCC2)c1. The normalized spacial score (nSPS) is 14.7. The third kappa shape index (κ3) is 4.43. The molecular formula is C18H16F3N3O3. The van der Waals surface area contributed by atoms with Crippen LogP contribution in [0.4, 0.5) is 18.9 Å². The van der Waals surface area contributed by atoms with Crippen molar-refractivity contribution in [2.75, 3.05) is 31.6 Å². The Bertz CT molecular complexity index is 849. The lowest BCUT2D eigenvalue weighted by Crippen LogP contribution is -2.41. The summed E-state index contributed by atoms with van der Waals surface area (Å²) in [7, 11) is 0. The summed E-state index contributed by atoms with van der Waals surface area (Å²) in [5.41, 5.74) is -1.21. The average molecular weight is 379 g/mol. The van der Waals surface area contributed by atoms with Crippen LogP contribution in [0.2, 0.25) is 0 Å². The predicted octanol–water partition coefficient (Wildman–Crippen LogP) is 2.83. The second-order valence-electron chi connectivity index (χ2n) is 5.83. The largest absolute Gasteiger partial charge is 0.418 e. The highest BCUT2D eigenvalue weighted by Crippen LogP contribution is 2.34. The molecule has 142 valence electrons. The van der Waals surface area contributed by atoms with E-state index in [0.717, 1.165) is 6.07 Å². The Labute approximate surface area is 152 Å². The molecule has 6 nitrogen and oxygen atoms in total. The van der Waals surface area contributed by atoms with Crippen LogP contribution in [0, 0.1) is 0 Å². The highest BCUT2D eigenvalue weighted by atomic mass is 19.4. The molecule has 1 aliphatic heterocycles. The van der Waals surface area contributed by atoms with Crippen molar-refractivity contribution in [1.82, 2.24) is 9.88 Å². The zero-order chi connectivity index (χ0) is 19.4. The van der Waals surface area contributed by atoms with Gasteiger partial charge in [0.2, 0.25) is 0 Å². The molecule has 1 saturated heterocycles. The van der Waals surface area contributed by atoms with Crippen LogP contribution in [-0.2, 0) is 10.9 Å². The van der Waals surface area contributed by atoms with E-state index in [4.69, 9.17) is 4.74 Å². The average Bonchev–Trinajstić information content (AvgIpc) is 2.68. The van der Waals surface area contributed by atoms with Crippen LogP contribution in [0.1, 0.15) is 26.4 Å². The molecule has 3 rings (SSSR count). The van der Waals surface area contributed by atoms with Gasteiger partial charge in [-0.25, -0.2) is 0 Å². The lowest BCUT2D eigenvalue weighted by atomic mass is 10.1. The van der Waals surface area contributed by atoms with Crippen molar-refractivity contribution < 1.29 is 27.5 Å². The second-order valence-corrected chi connectivity index (χ2v) is 5.83. The van der Waals surface area contributed by atoms with Crippen molar-refractivity contribution in [3.63, 3.8) is 0 Å². The molecule has 1 N–H and O–H groups in total. The van der Waals surface area contributed by atoms with E-state index in [0.29, 0.717) is 26.3 Å². The van der Waals surface area contributed by atoms with Crippen LogP contribution in [0.5, 0.6) is 0 Å². The summed E-state index contributed by atoms with van der Waals surface area (Å²) in [5, 5.41) is 2.25. The molecule has 1 aromatic carbocycles. The van der Waals surface area contributed by atoms with Crippen LogP contribution < -0.4 is 5.32 Å². The summed E-state index contributed by atoms with van der Waals surface area (Å²) in [5.74, 6) is -1.12. The number of aromatic nitrogens is 1. The van der Waals surface area contributed by atoms with E-state index in [1.807, 2.05) is 0 Å². The lowest BCUT2D eigenvalue weighted by Gasteiger charge is -2.26. The Morgan fingerprint density at radius 1 is 1.11 bits per heavy atom. The minimum atomic E-state index is -4.60. The van der Waals surface area contributed by atoms with Crippen molar-refractivity contribution in [1.29, 1.82) is 0 Å². The molecule has 2 aromatic rings. The van der Waals surface area contributed by atoms with E-state index >= 15 is 0 Å². The van der Waals surface area contributed by atoms with Crippen molar-refractivity contribution in [3.8, 4) is 0 Å². The number of pyridine rings is 1. The molecule has 0 bridgehead atoms. The molecule has 2 amide bonds. The van der Waals surface area contributed by atoms with Gasteiger partial charge in [-0.2, -0.15) is 13.2 Å². The molecule has 0 saturated carbocycles. The monoisotopic (exact) mass is 379 g/mol. The van der Waals surface area contributed by atoms with Crippen LogP contribution in [0.25, 0.3) is 0 Å². The molecule has 1 aliphatic rings. The fourth-order valence-electron chi connectivity index (χ4n) is 2.65. The van der Waals surface area contributed by atoms with Crippen LogP contribution in [-0.4, -0.2) is 48.0 Å². The van der Waals surface area contributed by atoms with Gasteiger partial charge in [-0.05, 0) is 24.3 Å². The number of morpholine rings is 1. The molecule has 1 aromatic heterocycles. The van der Waals surface area contributed by atoms with Crippen molar-refractivity contribution >= 4 is 17.5 Å². The van der Waals surface area contributed by atoms with Gasteiger partial charge in [-0.3, -0.25) is 14.6 Å². The van der Waals surface area contributed by atoms with Crippen molar-refractivity contribution in [2.45, 2.75) is 6.18 Å². The van der Waals surface area contributed by atoms with Crippen molar-refractivity contribution in [3.05, 3.63) is 59.4 Å². The third-order valence-corrected chi connectivity index (χ3v) is 4.02. The lowest BCUT2D eigenvalue weighted by molar-refractivity contribution is -0.136. The number of nitrogens with zero attached hydrogens (tertiary/aromatic N) is 2. The minimum Gasteiger partial charge on any atom is -0.378 e. The molecule has 2 heterocycles. The summed E-state index contributed by atoms with van der Waals surface area (Å²) in [6.45, 7) is 1.66. The number of hydrogen-bond acceptors (Lipinski definition) is 4. The fraction of sp³-hybridized carbons (Fsp3) is 0.278. The maximum absolute atomic E-state index is 13.1. The number of alkyl halides is 3. The number of carbonyl (C=O) groups excluding carboxylic acids is 2. The topological polar surface area (TPSA) is 71.5 Å². The van der Waals surface area contributed by atoms with Crippen LogP contribution in [0.3, 0.4) is 0 Å². The zero-order valence-corrected chi connectivity index (χ0v) is 14.1. The summed E-state index contributed by atoms with van der Waals surface area (Å²) in [6, 6.07) is 7.29. The number of anilines is 1. The molecule has 0 radical (unpaired) electrons. The van der Waals surface area contributed by atoms with Gasteiger partial charge in [0, 0.05) is 24.8 Å². The van der Waals surface area contributed by atoms with E-state index in [9.17, 15) is 22.8 Å². The van der Waals surface area contributed by atoms with E-state index in [-0.39, 0.29) is 22.9 Å². The number of para-hydroxylation sites is 1. The van der Waals surface area contributed by atoms with Gasteiger partial charge in [-0.1, -0.05) is 12.1 Å². The van der Waals surface area contributed by atoms with Gasteiger partial charge < -0.3 is 15.0 Å². The number of ether oxygens (including phenoxy) is 1. The first-order valence-corrected chi connectivity index (χ1v) is 8.17. The quantitative estimate of drug-likeness (QED) is 0.890. The van der Waals surface area contributed by atoms with Crippen molar-refractivity contribution in [2.24, 2.45) is 0 Å². The van der Waals surface area contributed by atoms with E-state index < -0.39 is 17.6 Å². The first-order valence-electron chi connectivity index (χ1n) is 8.17. The Morgan fingerprint density at radius 3 is 2.52 bits per heavy atom. The molecule has 0 spiro atoms. The van der Waals surface area contributed by atoms with Gasteiger partial charge >= 0.3 is 6.18 Å². The number of nitrogens with one attached hydrogen (secondary N) is 1. The predicted molar refractivity (Wildman–Crippen MR) is 90.4 cm³/mol. The highest BCUT2D eigenvalue weighted by Gasteiger charge is 2.33. The first-order chi connectivity index (χ1) is 12.9. The summed E-state index contributed by atoms with van der Waals surface area (Å²) < 4.78 is 44.3. The van der Waals surface area contributed by atoms with Gasteiger partial charge in [0.1, 0.15) is 5.69 Å². The highest BCUT2D eigenvalue weighted by molar-refractivity contribution is 6.06. The molecule has 0 atom stereocenters. The zero-order valence-electron chi connectivity index (χ0n) is 14.1. The van der Waals surface area contributed by atoms with Gasteiger partial charge in [0.25, 0.3) is 11.8 Å². The Kier molecular flexibility index (Phi) is 5.41. The Morgan fingerprint density at radius 2 is 1.81 bits per heavy atom. The standard InChI is InChI=1S/C18H16F3N3O3/c19-18(20,21)13-3-1-2-4-14(13)23-16(25)12-5-6-22-15(11-12)17(26)24-7-9-27-10-8-24/h1-6,11H,7-10H2,(H,23,25). The first kappa shape index (κ1) is 18.8. The molecular weight excluding hydrogens is 363 g/mol. The Balaban J connectivity index is 1.79. The smallest absolute Gasteiger partial charge is 0.378 e. The third-order valence-electron chi connectivity index (χ3n) is 4.02. The van der Waals surface area contributed by atoms with Gasteiger partial charge in [0.15, 0.2) is 0 Å². The minimum absolute atomic E-state index is 0.0404. The maximum atomic E-state index is 13.1. The fourth-order valence-corrected chi connectivity index (χ4v) is 2.65.